The van der Waals surface area contributed by atoms with Gasteiger partial charge in [-0.2, -0.15) is 0 Å². The van der Waals surface area contributed by atoms with Gasteiger partial charge in [-0.3, -0.25) is 14.4 Å². The van der Waals surface area contributed by atoms with E-state index >= 15 is 0 Å². The normalized spacial score (nSPS) is 19.5. The van der Waals surface area contributed by atoms with Gasteiger partial charge in [0, 0.05) is 36.4 Å². The first-order valence-electron chi connectivity index (χ1n) is 11.5. The highest BCUT2D eigenvalue weighted by molar-refractivity contribution is 8.21. The SMILES string of the molecule is O=C[C@H](CC(=O)O)NC(=O)C1CC2(CN1C(=O)c1ncc(CCCc3ccccc3)[nH]1)SCCS2. The van der Waals surface area contributed by atoms with Crippen LogP contribution in [-0.2, 0) is 27.2 Å². The van der Waals surface area contributed by atoms with Gasteiger partial charge < -0.3 is 25.1 Å². The number of nitrogens with zero attached hydrogens (tertiary/aromatic N) is 2. The molecule has 1 aromatic carbocycles. The van der Waals surface area contributed by atoms with Gasteiger partial charge in [-0.05, 0) is 24.8 Å². The van der Waals surface area contributed by atoms with Crippen LogP contribution in [0.4, 0.5) is 0 Å². The molecule has 11 heteroatoms. The molecule has 1 aromatic heterocycles. The molecule has 2 amide bonds. The topological polar surface area (TPSA) is 132 Å². The van der Waals surface area contributed by atoms with E-state index in [9.17, 15) is 19.2 Å². The Morgan fingerprint density at radius 1 is 1.23 bits per heavy atom. The first-order chi connectivity index (χ1) is 16.9. The molecule has 2 atom stereocenters. The van der Waals surface area contributed by atoms with Crippen molar-refractivity contribution in [2.24, 2.45) is 0 Å². The Balaban J connectivity index is 1.43. The maximum atomic E-state index is 13.4. The number of carboxylic acid groups (broad SMARTS) is 1. The lowest BCUT2D eigenvalue weighted by Gasteiger charge is -2.24. The van der Waals surface area contributed by atoms with E-state index in [2.05, 4.69) is 27.4 Å². The van der Waals surface area contributed by atoms with Crippen LogP contribution in [-0.4, -0.2) is 78.3 Å². The summed E-state index contributed by atoms with van der Waals surface area (Å²) in [6, 6.07) is 8.23. The molecule has 2 fully saturated rings. The molecule has 9 nitrogen and oxygen atoms in total. The zero-order valence-corrected chi connectivity index (χ0v) is 20.8. The molecule has 0 bridgehead atoms. The number of aryl methyl sites for hydroxylation is 2. The number of amides is 2. The van der Waals surface area contributed by atoms with E-state index in [0.29, 0.717) is 19.3 Å². The summed E-state index contributed by atoms with van der Waals surface area (Å²) < 4.78 is -0.285. The van der Waals surface area contributed by atoms with Crippen molar-refractivity contribution >= 4 is 47.6 Å². The van der Waals surface area contributed by atoms with Crippen LogP contribution in [0.25, 0.3) is 0 Å². The van der Waals surface area contributed by atoms with Crippen molar-refractivity contribution in [3.63, 3.8) is 0 Å². The van der Waals surface area contributed by atoms with Crippen LogP contribution >= 0.6 is 23.5 Å². The van der Waals surface area contributed by atoms with E-state index in [4.69, 9.17) is 5.11 Å². The second-order valence-corrected chi connectivity index (χ2v) is 11.9. The molecular formula is C24H28N4O5S2. The Hall–Kier alpha value is -2.79. The van der Waals surface area contributed by atoms with Crippen molar-refractivity contribution in [3.05, 3.63) is 53.6 Å². The van der Waals surface area contributed by atoms with Gasteiger partial charge in [0.25, 0.3) is 5.91 Å². The minimum Gasteiger partial charge on any atom is -0.481 e. The number of aromatic nitrogens is 2. The standard InChI is InChI=1S/C24H28N4O5S2/c29-14-18(11-20(30)31)27-22(32)19-12-24(34-9-10-35-24)15-28(19)23(33)21-25-13-17(26-21)8-4-7-16-5-2-1-3-6-16/h1-3,5-6,13-14,18-19H,4,7-12,15H2,(H,25,26)(H,27,32)(H,30,31)/t18-,19?/m0/s1. The summed E-state index contributed by atoms with van der Waals surface area (Å²) in [6.07, 6.45) is 4.57. The fraction of sp³-hybridized carbons (Fsp3) is 0.458. The van der Waals surface area contributed by atoms with E-state index in [-0.39, 0.29) is 15.8 Å². The zero-order chi connectivity index (χ0) is 24.8. The number of carboxylic acids is 1. The van der Waals surface area contributed by atoms with E-state index in [0.717, 1.165) is 36.5 Å². The van der Waals surface area contributed by atoms with Gasteiger partial charge in [0.15, 0.2) is 5.82 Å². The molecule has 3 heterocycles. The van der Waals surface area contributed by atoms with Crippen molar-refractivity contribution < 1.29 is 24.3 Å². The van der Waals surface area contributed by atoms with Crippen LogP contribution in [0.3, 0.4) is 0 Å². The average molecular weight is 517 g/mol. The second-order valence-electron chi connectivity index (χ2n) is 8.71. The summed E-state index contributed by atoms with van der Waals surface area (Å²) in [5, 5.41) is 11.5. The minimum absolute atomic E-state index is 0.181. The Morgan fingerprint density at radius 2 is 1.97 bits per heavy atom. The first kappa shape index (κ1) is 25.3. The number of aromatic amines is 1. The lowest BCUT2D eigenvalue weighted by Crippen LogP contribution is -2.49. The van der Waals surface area contributed by atoms with Crippen LogP contribution in [0.2, 0.25) is 0 Å². The van der Waals surface area contributed by atoms with Gasteiger partial charge >= 0.3 is 5.97 Å². The predicted molar refractivity (Wildman–Crippen MR) is 134 cm³/mol. The number of aldehydes is 1. The number of rotatable bonds is 10. The highest BCUT2D eigenvalue weighted by atomic mass is 32.2. The number of likely N-dealkylation sites (tertiary alicyclic amines) is 1. The lowest BCUT2D eigenvalue weighted by molar-refractivity contribution is -0.139. The lowest BCUT2D eigenvalue weighted by atomic mass is 10.1. The third kappa shape index (κ3) is 6.26. The van der Waals surface area contributed by atoms with Crippen LogP contribution in [0, 0.1) is 0 Å². The van der Waals surface area contributed by atoms with Crippen molar-refractivity contribution in [2.75, 3.05) is 18.1 Å². The number of carbonyl (C=O) groups excluding carboxylic acids is 3. The fourth-order valence-electron chi connectivity index (χ4n) is 4.45. The quantitative estimate of drug-likeness (QED) is 0.409. The zero-order valence-electron chi connectivity index (χ0n) is 19.1. The largest absolute Gasteiger partial charge is 0.481 e. The molecule has 35 heavy (non-hydrogen) atoms. The van der Waals surface area contributed by atoms with E-state index in [1.54, 1.807) is 29.7 Å². The van der Waals surface area contributed by atoms with E-state index in [1.807, 2.05) is 18.2 Å². The number of hydrogen-bond donors (Lipinski definition) is 3. The number of imidazole rings is 1. The van der Waals surface area contributed by atoms with Crippen molar-refractivity contribution in [1.29, 1.82) is 0 Å². The van der Waals surface area contributed by atoms with Crippen molar-refractivity contribution in [3.8, 4) is 0 Å². The van der Waals surface area contributed by atoms with Crippen LogP contribution in [0.5, 0.6) is 0 Å². The molecule has 1 spiro atoms. The highest BCUT2D eigenvalue weighted by Gasteiger charge is 2.51. The number of aliphatic carboxylic acids is 1. The molecule has 1 unspecified atom stereocenters. The summed E-state index contributed by atoms with van der Waals surface area (Å²) in [5.41, 5.74) is 2.11. The number of H-pyrrole nitrogens is 1. The number of thioether (sulfide) groups is 2. The van der Waals surface area contributed by atoms with Gasteiger partial charge in [-0.1, -0.05) is 30.3 Å². The third-order valence-electron chi connectivity index (χ3n) is 6.14. The van der Waals surface area contributed by atoms with Crippen molar-refractivity contribution in [1.82, 2.24) is 20.2 Å². The van der Waals surface area contributed by atoms with Crippen LogP contribution in [0.15, 0.2) is 36.5 Å². The second kappa shape index (κ2) is 11.3. The first-order valence-corrected chi connectivity index (χ1v) is 13.5. The predicted octanol–water partition coefficient (Wildman–Crippen LogP) is 2.13. The van der Waals surface area contributed by atoms with E-state index < -0.39 is 30.4 Å². The maximum Gasteiger partial charge on any atom is 0.305 e. The molecular weight excluding hydrogens is 488 g/mol. The Kier molecular flexibility index (Phi) is 8.17. The Morgan fingerprint density at radius 3 is 2.66 bits per heavy atom. The number of carbonyl (C=O) groups is 4. The van der Waals surface area contributed by atoms with Crippen molar-refractivity contribution in [2.45, 2.75) is 48.3 Å². The van der Waals surface area contributed by atoms with E-state index in [1.165, 1.54) is 10.5 Å². The van der Waals surface area contributed by atoms with Gasteiger partial charge in [0.1, 0.15) is 12.3 Å². The molecule has 2 aromatic rings. The van der Waals surface area contributed by atoms with Crippen LogP contribution < -0.4 is 5.32 Å². The molecule has 3 N–H and O–H groups in total. The molecule has 4 rings (SSSR count). The molecule has 0 radical (unpaired) electrons. The van der Waals surface area contributed by atoms with Gasteiger partial charge in [-0.25, -0.2) is 4.98 Å². The summed E-state index contributed by atoms with van der Waals surface area (Å²) >= 11 is 3.47. The summed E-state index contributed by atoms with van der Waals surface area (Å²) in [7, 11) is 0. The molecule has 0 aliphatic carbocycles. The fourth-order valence-corrected chi connectivity index (χ4v) is 7.71. The Labute approximate surface area is 211 Å². The monoisotopic (exact) mass is 516 g/mol. The molecule has 2 saturated heterocycles. The third-order valence-corrected chi connectivity index (χ3v) is 9.57. The molecule has 2 aliphatic heterocycles. The Bertz CT molecular complexity index is 1070. The van der Waals surface area contributed by atoms with Gasteiger partial charge in [0.2, 0.25) is 5.91 Å². The number of nitrogens with one attached hydrogen (secondary N) is 2. The smallest absolute Gasteiger partial charge is 0.305 e. The summed E-state index contributed by atoms with van der Waals surface area (Å²) in [5.74, 6) is -0.0238. The number of hydrogen-bond acceptors (Lipinski definition) is 7. The minimum atomic E-state index is -1.18. The molecule has 0 saturated carbocycles. The molecule has 186 valence electrons. The summed E-state index contributed by atoms with van der Waals surface area (Å²) in [6.45, 7) is 0.383. The highest BCUT2D eigenvalue weighted by Crippen LogP contribution is 2.52. The van der Waals surface area contributed by atoms with Gasteiger partial charge in [0.05, 0.1) is 16.5 Å². The molecule has 2 aliphatic rings. The van der Waals surface area contributed by atoms with Gasteiger partial charge in [-0.15, -0.1) is 23.5 Å². The average Bonchev–Trinajstić information content (AvgIpc) is 3.59. The van der Waals surface area contributed by atoms with Crippen LogP contribution in [0.1, 0.15) is 41.1 Å². The number of benzene rings is 1. The summed E-state index contributed by atoms with van der Waals surface area (Å²) in [4.78, 5) is 57.7. The maximum absolute atomic E-state index is 13.4.